The normalized spacial score (nSPS) is 38.6. The van der Waals surface area contributed by atoms with Crippen LogP contribution in [0, 0.1) is 0 Å². The molecule has 0 amide bonds. The highest BCUT2D eigenvalue weighted by Gasteiger charge is 2.37. The Morgan fingerprint density at radius 2 is 2.00 bits per heavy atom. The van der Waals surface area contributed by atoms with Crippen molar-refractivity contribution in [2.45, 2.75) is 31.0 Å². The first kappa shape index (κ1) is 11.9. The molecule has 0 aromatic rings. The van der Waals surface area contributed by atoms with E-state index < -0.39 is 12.4 Å². The van der Waals surface area contributed by atoms with Gasteiger partial charge in [0.1, 0.15) is 6.10 Å². The maximum absolute atomic E-state index is 9.70. The molecule has 14 heavy (non-hydrogen) atoms. The minimum absolute atomic E-state index is 0.0849. The first-order chi connectivity index (χ1) is 6.72. The van der Waals surface area contributed by atoms with E-state index in [1.807, 2.05) is 0 Å². The molecule has 84 valence electrons. The van der Waals surface area contributed by atoms with Crippen molar-refractivity contribution in [3.8, 4) is 0 Å². The Bertz CT molecular complexity index is 149. The van der Waals surface area contributed by atoms with Gasteiger partial charge in [0.25, 0.3) is 0 Å². The fraction of sp³-hybridized carbons (Fsp3) is 1.00. The lowest BCUT2D eigenvalue weighted by atomic mass is 10.0. The maximum Gasteiger partial charge on any atom is 0.186 e. The third-order valence-electron chi connectivity index (χ3n) is 2.37. The fourth-order valence-electron chi connectivity index (χ4n) is 1.62. The van der Waals surface area contributed by atoms with Gasteiger partial charge < -0.3 is 24.1 Å². The Hall–Kier alpha value is -0.200. The molecule has 1 aliphatic heterocycles. The first-order valence-corrected chi connectivity index (χ1v) is 4.61. The van der Waals surface area contributed by atoms with E-state index in [0.29, 0.717) is 13.0 Å². The standard InChI is InChI=1S/C9H18O5/c1-11-5-6-4-7(12-2)8(10)9(13-3)14-6/h6-10H,4-5H2,1-3H3/t6?,7?,8?,9-/m0/s1. The number of aliphatic hydroxyl groups excluding tert-OH is 1. The molecule has 0 radical (unpaired) electrons. The van der Waals surface area contributed by atoms with Crippen LogP contribution in [0.3, 0.4) is 0 Å². The molecule has 0 saturated carbocycles. The topological polar surface area (TPSA) is 57.2 Å². The van der Waals surface area contributed by atoms with Crippen LogP contribution < -0.4 is 0 Å². The largest absolute Gasteiger partial charge is 0.385 e. The van der Waals surface area contributed by atoms with Gasteiger partial charge in [0.15, 0.2) is 6.29 Å². The van der Waals surface area contributed by atoms with E-state index in [0.717, 1.165) is 0 Å². The van der Waals surface area contributed by atoms with Crippen molar-refractivity contribution in [1.29, 1.82) is 0 Å². The van der Waals surface area contributed by atoms with Crippen LogP contribution in [0.4, 0.5) is 0 Å². The molecule has 0 aliphatic carbocycles. The SMILES string of the molecule is COCC1CC(OC)C(O)[C@@H](OC)O1. The predicted molar refractivity (Wildman–Crippen MR) is 49.0 cm³/mol. The van der Waals surface area contributed by atoms with E-state index in [1.165, 1.54) is 7.11 Å². The molecule has 1 N–H and O–H groups in total. The quantitative estimate of drug-likeness (QED) is 0.688. The van der Waals surface area contributed by atoms with Crippen LogP contribution in [0.25, 0.3) is 0 Å². The van der Waals surface area contributed by atoms with Crippen LogP contribution in [0.1, 0.15) is 6.42 Å². The summed E-state index contributed by atoms with van der Waals surface area (Å²) < 4.78 is 20.6. The zero-order valence-electron chi connectivity index (χ0n) is 8.80. The Morgan fingerprint density at radius 3 is 2.50 bits per heavy atom. The van der Waals surface area contributed by atoms with Crippen LogP contribution in [-0.2, 0) is 18.9 Å². The van der Waals surface area contributed by atoms with Gasteiger partial charge in [-0.1, -0.05) is 0 Å². The van der Waals surface area contributed by atoms with E-state index in [9.17, 15) is 5.11 Å². The molecule has 1 saturated heterocycles. The van der Waals surface area contributed by atoms with Crippen molar-refractivity contribution in [3.05, 3.63) is 0 Å². The molecule has 1 aliphatic rings. The minimum atomic E-state index is -0.738. The smallest absolute Gasteiger partial charge is 0.186 e. The van der Waals surface area contributed by atoms with E-state index in [1.54, 1.807) is 14.2 Å². The summed E-state index contributed by atoms with van der Waals surface area (Å²) in [6.45, 7) is 0.479. The maximum atomic E-state index is 9.70. The van der Waals surface area contributed by atoms with Gasteiger partial charge in [-0.15, -0.1) is 0 Å². The summed E-state index contributed by atoms with van der Waals surface area (Å²) in [5.74, 6) is 0. The molecule has 1 rings (SSSR count). The van der Waals surface area contributed by atoms with Crippen LogP contribution in [0.15, 0.2) is 0 Å². The lowest BCUT2D eigenvalue weighted by Gasteiger charge is -2.37. The van der Waals surface area contributed by atoms with Gasteiger partial charge >= 0.3 is 0 Å². The van der Waals surface area contributed by atoms with Crippen molar-refractivity contribution < 1.29 is 24.1 Å². The summed E-state index contributed by atoms with van der Waals surface area (Å²) in [7, 11) is 4.67. The molecule has 3 unspecified atom stereocenters. The van der Waals surface area contributed by atoms with E-state index >= 15 is 0 Å². The number of ether oxygens (including phenoxy) is 4. The lowest BCUT2D eigenvalue weighted by molar-refractivity contribution is -0.267. The molecule has 1 fully saturated rings. The minimum Gasteiger partial charge on any atom is -0.385 e. The summed E-state index contributed by atoms with van der Waals surface area (Å²) in [6, 6.07) is 0. The lowest BCUT2D eigenvalue weighted by Crippen LogP contribution is -2.50. The highest BCUT2D eigenvalue weighted by atomic mass is 16.7. The highest BCUT2D eigenvalue weighted by Crippen LogP contribution is 2.22. The van der Waals surface area contributed by atoms with E-state index in [2.05, 4.69) is 0 Å². The van der Waals surface area contributed by atoms with Gasteiger partial charge in [0, 0.05) is 27.8 Å². The van der Waals surface area contributed by atoms with E-state index in [-0.39, 0.29) is 12.2 Å². The summed E-state index contributed by atoms with van der Waals surface area (Å²) in [6.07, 6.45) is -1.09. The third kappa shape index (κ3) is 2.65. The van der Waals surface area contributed by atoms with Crippen molar-refractivity contribution in [2.75, 3.05) is 27.9 Å². The second-order valence-electron chi connectivity index (χ2n) is 3.32. The molecule has 5 nitrogen and oxygen atoms in total. The van der Waals surface area contributed by atoms with Crippen LogP contribution in [0.5, 0.6) is 0 Å². The molecule has 0 aromatic heterocycles. The first-order valence-electron chi connectivity index (χ1n) is 4.61. The monoisotopic (exact) mass is 206 g/mol. The molecule has 5 heteroatoms. The second-order valence-corrected chi connectivity index (χ2v) is 3.32. The molecular formula is C9H18O5. The van der Waals surface area contributed by atoms with Crippen molar-refractivity contribution in [1.82, 2.24) is 0 Å². The summed E-state index contributed by atoms with van der Waals surface area (Å²) >= 11 is 0. The number of hydrogen-bond acceptors (Lipinski definition) is 5. The fourth-order valence-corrected chi connectivity index (χ4v) is 1.62. The van der Waals surface area contributed by atoms with Crippen molar-refractivity contribution >= 4 is 0 Å². The van der Waals surface area contributed by atoms with Gasteiger partial charge in [0.2, 0.25) is 0 Å². The second kappa shape index (κ2) is 5.63. The molecule has 0 spiro atoms. The van der Waals surface area contributed by atoms with Gasteiger partial charge in [-0.05, 0) is 0 Å². The van der Waals surface area contributed by atoms with Crippen LogP contribution in [0.2, 0.25) is 0 Å². The molecular weight excluding hydrogens is 188 g/mol. The molecule has 0 aromatic carbocycles. The van der Waals surface area contributed by atoms with Crippen LogP contribution >= 0.6 is 0 Å². The number of aliphatic hydroxyl groups is 1. The predicted octanol–water partition coefficient (Wildman–Crippen LogP) is -0.230. The average Bonchev–Trinajstić information content (AvgIpc) is 2.20. The summed E-state index contributed by atoms with van der Waals surface area (Å²) in [5.41, 5.74) is 0. The molecule has 0 bridgehead atoms. The van der Waals surface area contributed by atoms with Crippen LogP contribution in [-0.4, -0.2) is 57.6 Å². The van der Waals surface area contributed by atoms with E-state index in [4.69, 9.17) is 18.9 Å². The van der Waals surface area contributed by atoms with Crippen molar-refractivity contribution in [3.63, 3.8) is 0 Å². The van der Waals surface area contributed by atoms with Gasteiger partial charge in [0.05, 0.1) is 18.8 Å². The Labute approximate surface area is 83.9 Å². The number of hydrogen-bond donors (Lipinski definition) is 1. The Kier molecular flexibility index (Phi) is 4.77. The van der Waals surface area contributed by atoms with Gasteiger partial charge in [-0.25, -0.2) is 0 Å². The van der Waals surface area contributed by atoms with Gasteiger partial charge in [-0.3, -0.25) is 0 Å². The Balaban J connectivity index is 2.53. The number of methoxy groups -OCH3 is 3. The molecule has 1 heterocycles. The van der Waals surface area contributed by atoms with Gasteiger partial charge in [-0.2, -0.15) is 0 Å². The molecule has 4 atom stereocenters. The Morgan fingerprint density at radius 1 is 1.29 bits per heavy atom. The number of rotatable bonds is 4. The highest BCUT2D eigenvalue weighted by molar-refractivity contribution is 4.82. The van der Waals surface area contributed by atoms with Crippen molar-refractivity contribution in [2.24, 2.45) is 0 Å². The third-order valence-corrected chi connectivity index (χ3v) is 2.37. The summed E-state index contributed by atoms with van der Waals surface area (Å²) in [4.78, 5) is 0. The summed E-state index contributed by atoms with van der Waals surface area (Å²) in [5, 5.41) is 9.70. The zero-order valence-corrected chi connectivity index (χ0v) is 8.80. The zero-order chi connectivity index (χ0) is 10.6. The average molecular weight is 206 g/mol.